The van der Waals surface area contributed by atoms with Gasteiger partial charge >= 0.3 is 0 Å². The summed E-state index contributed by atoms with van der Waals surface area (Å²) in [5.74, 6) is -0.809. The Morgan fingerprint density at radius 3 is 2.55 bits per heavy atom. The first kappa shape index (κ1) is 23.4. The molecule has 1 aliphatic heterocycles. The first-order chi connectivity index (χ1) is 15.8. The molecule has 0 unspecified atom stereocenters. The first-order valence-electron chi connectivity index (χ1n) is 10.7. The highest BCUT2D eigenvalue weighted by atomic mass is 35.5. The van der Waals surface area contributed by atoms with Crippen LogP contribution in [0.4, 0.5) is 10.1 Å². The molecule has 0 spiro atoms. The zero-order valence-electron chi connectivity index (χ0n) is 17.8. The predicted molar refractivity (Wildman–Crippen MR) is 126 cm³/mol. The highest BCUT2D eigenvalue weighted by Crippen LogP contribution is 2.25. The molecule has 3 aromatic rings. The van der Waals surface area contributed by atoms with Crippen LogP contribution in [0.2, 0.25) is 5.02 Å². The summed E-state index contributed by atoms with van der Waals surface area (Å²) in [5, 5.41) is 7.79. The minimum Gasteiger partial charge on any atom is -0.383 e. The molecule has 10 heteroatoms. The molecule has 1 aliphatic rings. The number of carbonyl (C=O) groups is 1. The fourth-order valence-corrected chi connectivity index (χ4v) is 5.55. The Kier molecular flexibility index (Phi) is 7.11. The minimum atomic E-state index is -3.69. The highest BCUT2D eigenvalue weighted by Gasteiger charge is 2.31. The number of amides is 1. The van der Waals surface area contributed by atoms with Gasteiger partial charge in [-0.3, -0.25) is 9.78 Å². The van der Waals surface area contributed by atoms with Crippen molar-refractivity contribution in [2.45, 2.75) is 17.7 Å². The molecule has 33 heavy (non-hydrogen) atoms. The van der Waals surface area contributed by atoms with Crippen LogP contribution in [-0.4, -0.2) is 49.8 Å². The number of fused-ring (bicyclic) bond motifs is 1. The molecule has 0 bridgehead atoms. The van der Waals surface area contributed by atoms with E-state index in [0.717, 1.165) is 28.7 Å². The van der Waals surface area contributed by atoms with Gasteiger partial charge in [0.15, 0.2) is 0 Å². The second-order valence-electron chi connectivity index (χ2n) is 7.87. The summed E-state index contributed by atoms with van der Waals surface area (Å²) < 4.78 is 39.9. The normalized spacial score (nSPS) is 15.5. The molecule has 0 aliphatic carbocycles. The number of halogens is 2. The summed E-state index contributed by atoms with van der Waals surface area (Å²) >= 11 is 6.02. The van der Waals surface area contributed by atoms with Gasteiger partial charge < -0.3 is 10.6 Å². The van der Waals surface area contributed by atoms with Gasteiger partial charge in [0.05, 0.1) is 10.4 Å². The summed E-state index contributed by atoms with van der Waals surface area (Å²) in [6.45, 7) is 1.47. The Bertz CT molecular complexity index is 1250. The van der Waals surface area contributed by atoms with Crippen LogP contribution in [0, 0.1) is 11.7 Å². The van der Waals surface area contributed by atoms with Gasteiger partial charge in [0, 0.05) is 54.4 Å². The number of hydrogen-bond acceptors (Lipinski definition) is 5. The number of hydrogen-bond donors (Lipinski definition) is 2. The highest BCUT2D eigenvalue weighted by molar-refractivity contribution is 7.89. The molecular weight excluding hydrogens is 467 g/mol. The topological polar surface area (TPSA) is 91.4 Å². The zero-order chi connectivity index (χ0) is 23.4. The van der Waals surface area contributed by atoms with Gasteiger partial charge in [0.2, 0.25) is 15.9 Å². The van der Waals surface area contributed by atoms with Crippen molar-refractivity contribution in [3.05, 3.63) is 65.6 Å². The molecule has 0 saturated carbocycles. The molecule has 2 heterocycles. The lowest BCUT2D eigenvalue weighted by molar-refractivity contribution is -0.126. The Balaban J connectivity index is 1.25. The summed E-state index contributed by atoms with van der Waals surface area (Å²) in [6, 6.07) is 12.2. The lowest BCUT2D eigenvalue weighted by Gasteiger charge is -2.30. The van der Waals surface area contributed by atoms with Crippen molar-refractivity contribution in [2.75, 3.05) is 31.5 Å². The van der Waals surface area contributed by atoms with E-state index in [0.29, 0.717) is 31.0 Å². The van der Waals surface area contributed by atoms with E-state index in [1.165, 1.54) is 16.4 Å². The summed E-state index contributed by atoms with van der Waals surface area (Å²) in [6.07, 6.45) is 2.58. The maximum Gasteiger partial charge on any atom is 0.243 e. The largest absolute Gasteiger partial charge is 0.383 e. The summed E-state index contributed by atoms with van der Waals surface area (Å²) in [4.78, 5) is 16.9. The van der Waals surface area contributed by atoms with E-state index in [9.17, 15) is 17.6 Å². The second-order valence-corrected chi connectivity index (χ2v) is 10.2. The third-order valence-electron chi connectivity index (χ3n) is 5.72. The number of aromatic nitrogens is 1. The van der Waals surface area contributed by atoms with Crippen molar-refractivity contribution in [3.8, 4) is 0 Å². The molecule has 1 fully saturated rings. The number of benzene rings is 2. The zero-order valence-corrected chi connectivity index (χ0v) is 19.4. The SMILES string of the molecule is O=C(NCCNc1ccnc2cc(Cl)ccc12)C1CCN(S(=O)(=O)c2ccc(F)cc2)CC1. The maximum absolute atomic E-state index is 13.1. The van der Waals surface area contributed by atoms with Crippen LogP contribution in [0.25, 0.3) is 10.9 Å². The summed E-state index contributed by atoms with van der Waals surface area (Å²) in [7, 11) is -3.69. The van der Waals surface area contributed by atoms with Crippen LogP contribution in [0.3, 0.4) is 0 Å². The number of nitrogens with one attached hydrogen (secondary N) is 2. The second kappa shape index (κ2) is 10.0. The average molecular weight is 491 g/mol. The van der Waals surface area contributed by atoms with Crippen molar-refractivity contribution in [1.82, 2.24) is 14.6 Å². The van der Waals surface area contributed by atoms with Gasteiger partial charge in [-0.1, -0.05) is 11.6 Å². The number of carbonyl (C=O) groups excluding carboxylic acids is 1. The van der Waals surface area contributed by atoms with E-state index in [-0.39, 0.29) is 29.8 Å². The molecule has 2 aromatic carbocycles. The first-order valence-corrected chi connectivity index (χ1v) is 12.5. The number of anilines is 1. The quantitative estimate of drug-likeness (QED) is 0.493. The van der Waals surface area contributed by atoms with Gasteiger partial charge in [-0.15, -0.1) is 0 Å². The fourth-order valence-electron chi connectivity index (χ4n) is 3.92. The van der Waals surface area contributed by atoms with Gasteiger partial charge in [-0.25, -0.2) is 12.8 Å². The van der Waals surface area contributed by atoms with Gasteiger partial charge in [-0.2, -0.15) is 4.31 Å². The molecule has 1 saturated heterocycles. The van der Waals surface area contributed by atoms with Crippen LogP contribution < -0.4 is 10.6 Å². The Morgan fingerprint density at radius 2 is 1.82 bits per heavy atom. The summed E-state index contributed by atoms with van der Waals surface area (Å²) in [5.41, 5.74) is 1.70. The van der Waals surface area contributed by atoms with E-state index in [2.05, 4.69) is 15.6 Å². The maximum atomic E-state index is 13.1. The van der Waals surface area contributed by atoms with Crippen molar-refractivity contribution >= 4 is 44.1 Å². The molecule has 1 amide bonds. The van der Waals surface area contributed by atoms with Crippen molar-refractivity contribution in [2.24, 2.45) is 5.92 Å². The smallest absolute Gasteiger partial charge is 0.243 e. The van der Waals surface area contributed by atoms with Crippen LogP contribution >= 0.6 is 11.6 Å². The molecule has 1 aromatic heterocycles. The Hall–Kier alpha value is -2.75. The van der Waals surface area contributed by atoms with Gasteiger partial charge in [0.1, 0.15) is 5.82 Å². The molecule has 7 nitrogen and oxygen atoms in total. The fraction of sp³-hybridized carbons (Fsp3) is 0.304. The molecule has 2 N–H and O–H groups in total. The number of pyridine rings is 1. The number of piperidine rings is 1. The van der Waals surface area contributed by atoms with Crippen LogP contribution in [0.1, 0.15) is 12.8 Å². The van der Waals surface area contributed by atoms with Crippen molar-refractivity contribution in [3.63, 3.8) is 0 Å². The lowest BCUT2D eigenvalue weighted by atomic mass is 9.97. The standard InChI is InChI=1S/C23H24ClFN4O3S/c24-17-1-6-20-21(7-10-26-22(20)15-17)27-11-12-28-23(30)16-8-13-29(14-9-16)33(31,32)19-4-2-18(25)3-5-19/h1-7,10,15-16H,8-9,11-14H2,(H,26,27)(H,28,30). The number of nitrogens with zero attached hydrogens (tertiary/aromatic N) is 2. The van der Waals surface area contributed by atoms with Crippen LogP contribution in [0.15, 0.2) is 59.6 Å². The van der Waals surface area contributed by atoms with Crippen molar-refractivity contribution in [1.29, 1.82) is 0 Å². The van der Waals surface area contributed by atoms with Crippen LogP contribution in [0.5, 0.6) is 0 Å². The Morgan fingerprint density at radius 1 is 1.09 bits per heavy atom. The van der Waals surface area contributed by atoms with E-state index in [1.807, 2.05) is 12.1 Å². The monoisotopic (exact) mass is 490 g/mol. The molecule has 0 radical (unpaired) electrons. The number of rotatable bonds is 7. The lowest BCUT2D eigenvalue weighted by Crippen LogP contribution is -2.43. The predicted octanol–water partition coefficient (Wildman–Crippen LogP) is 3.66. The molecule has 174 valence electrons. The minimum absolute atomic E-state index is 0.0591. The third-order valence-corrected chi connectivity index (χ3v) is 7.87. The molecular formula is C23H24ClFN4O3S. The van der Waals surface area contributed by atoms with E-state index in [4.69, 9.17) is 11.6 Å². The third kappa shape index (κ3) is 5.43. The molecule has 0 atom stereocenters. The van der Waals surface area contributed by atoms with E-state index >= 15 is 0 Å². The van der Waals surface area contributed by atoms with E-state index < -0.39 is 15.8 Å². The average Bonchev–Trinajstić information content (AvgIpc) is 2.82. The Labute approximate surface area is 197 Å². The van der Waals surface area contributed by atoms with Gasteiger partial charge in [0.25, 0.3) is 0 Å². The number of sulfonamides is 1. The van der Waals surface area contributed by atoms with Crippen LogP contribution in [-0.2, 0) is 14.8 Å². The van der Waals surface area contributed by atoms with Gasteiger partial charge in [-0.05, 0) is 61.4 Å². The van der Waals surface area contributed by atoms with E-state index in [1.54, 1.807) is 18.3 Å². The van der Waals surface area contributed by atoms with Crippen molar-refractivity contribution < 1.29 is 17.6 Å². The molecule has 4 rings (SSSR count).